The average molecular weight is 236 g/mol. The van der Waals surface area contributed by atoms with Crippen LogP contribution in [0.3, 0.4) is 0 Å². The van der Waals surface area contributed by atoms with Gasteiger partial charge in [0.2, 0.25) is 0 Å². The number of hydrogen-bond donors (Lipinski definition) is 0. The highest BCUT2D eigenvalue weighted by Gasteiger charge is 2.26. The van der Waals surface area contributed by atoms with Gasteiger partial charge in [-0.05, 0) is 49.9 Å². The van der Waals surface area contributed by atoms with E-state index in [4.69, 9.17) is 0 Å². The maximum Gasteiger partial charge on any atom is -0.0234 e. The molecule has 2 unspecified atom stereocenters. The Bertz CT molecular complexity index is 220. The van der Waals surface area contributed by atoms with Gasteiger partial charge in [0.05, 0.1) is 0 Å². The molecule has 0 nitrogen and oxygen atoms in total. The Morgan fingerprint density at radius 2 is 1.82 bits per heavy atom. The second-order valence-electron chi connectivity index (χ2n) is 6.55. The topological polar surface area (TPSA) is 0 Å². The van der Waals surface area contributed by atoms with Crippen LogP contribution >= 0.6 is 0 Å². The van der Waals surface area contributed by atoms with Gasteiger partial charge in [-0.2, -0.15) is 0 Å². The molecule has 0 N–H and O–H groups in total. The largest absolute Gasteiger partial charge is 0.0999 e. The van der Waals surface area contributed by atoms with Crippen LogP contribution in [0.25, 0.3) is 0 Å². The van der Waals surface area contributed by atoms with Gasteiger partial charge in [0, 0.05) is 0 Å². The lowest BCUT2D eigenvalue weighted by atomic mass is 9.72. The molecule has 1 rings (SSSR count). The van der Waals surface area contributed by atoms with Crippen LogP contribution in [0.4, 0.5) is 0 Å². The van der Waals surface area contributed by atoms with E-state index >= 15 is 0 Å². The van der Waals surface area contributed by atoms with Gasteiger partial charge in [-0.1, -0.05) is 58.6 Å². The molecule has 1 aliphatic rings. The van der Waals surface area contributed by atoms with Crippen LogP contribution in [0.5, 0.6) is 0 Å². The number of hydrogen-bond acceptors (Lipinski definition) is 0. The molecule has 0 aromatic heterocycles. The Balaban J connectivity index is 2.49. The Kier molecular flexibility index (Phi) is 6.30. The summed E-state index contributed by atoms with van der Waals surface area (Å²) >= 11 is 0. The van der Waals surface area contributed by atoms with E-state index in [0.717, 1.165) is 17.8 Å². The Hall–Kier alpha value is -0.260. The minimum Gasteiger partial charge on any atom is -0.0999 e. The summed E-state index contributed by atoms with van der Waals surface area (Å²) in [7, 11) is 0. The van der Waals surface area contributed by atoms with Crippen LogP contribution < -0.4 is 0 Å². The average Bonchev–Trinajstić information content (AvgIpc) is 2.29. The van der Waals surface area contributed by atoms with E-state index in [-0.39, 0.29) is 0 Å². The Morgan fingerprint density at radius 1 is 1.24 bits per heavy atom. The minimum atomic E-state index is 0.714. The van der Waals surface area contributed by atoms with Crippen molar-refractivity contribution in [2.75, 3.05) is 0 Å². The van der Waals surface area contributed by atoms with Gasteiger partial charge < -0.3 is 0 Å². The van der Waals surface area contributed by atoms with E-state index in [9.17, 15) is 0 Å². The number of allylic oxidation sites excluding steroid dienone is 1. The summed E-state index contributed by atoms with van der Waals surface area (Å²) < 4.78 is 0. The summed E-state index contributed by atoms with van der Waals surface area (Å²) in [6.07, 6.45) is 10.0. The summed E-state index contributed by atoms with van der Waals surface area (Å²) in [5.74, 6) is 3.66. The monoisotopic (exact) mass is 236 g/mol. The van der Waals surface area contributed by atoms with Crippen LogP contribution in [-0.4, -0.2) is 0 Å². The van der Waals surface area contributed by atoms with Gasteiger partial charge in [0.1, 0.15) is 0 Å². The van der Waals surface area contributed by atoms with Crippen LogP contribution in [0.1, 0.15) is 72.6 Å². The van der Waals surface area contributed by atoms with Gasteiger partial charge >= 0.3 is 0 Å². The molecule has 0 heterocycles. The van der Waals surface area contributed by atoms with E-state index < -0.39 is 0 Å². The van der Waals surface area contributed by atoms with Crippen molar-refractivity contribution in [3.05, 3.63) is 12.2 Å². The maximum atomic E-state index is 4.13. The fraction of sp³-hybridized carbons (Fsp3) is 0.882. The molecule has 17 heavy (non-hydrogen) atoms. The molecule has 0 aromatic rings. The zero-order valence-electron chi connectivity index (χ0n) is 12.5. The molecule has 1 aliphatic carbocycles. The highest BCUT2D eigenvalue weighted by atomic mass is 14.3. The second kappa shape index (κ2) is 7.24. The van der Waals surface area contributed by atoms with Crippen molar-refractivity contribution in [2.24, 2.45) is 23.7 Å². The van der Waals surface area contributed by atoms with Gasteiger partial charge in [0.15, 0.2) is 0 Å². The van der Waals surface area contributed by atoms with Crippen LogP contribution in [0.15, 0.2) is 12.2 Å². The Labute approximate surface area is 109 Å². The molecule has 2 atom stereocenters. The molecule has 100 valence electrons. The fourth-order valence-electron chi connectivity index (χ4n) is 3.33. The highest BCUT2D eigenvalue weighted by molar-refractivity contribution is 4.95. The van der Waals surface area contributed by atoms with Crippen molar-refractivity contribution in [3.63, 3.8) is 0 Å². The molecule has 0 saturated heterocycles. The summed E-state index contributed by atoms with van der Waals surface area (Å²) in [5.41, 5.74) is 1.37. The van der Waals surface area contributed by atoms with E-state index in [0.29, 0.717) is 5.92 Å². The lowest BCUT2D eigenvalue weighted by Crippen LogP contribution is -2.22. The fourth-order valence-corrected chi connectivity index (χ4v) is 3.33. The molecule has 0 aliphatic heterocycles. The van der Waals surface area contributed by atoms with Gasteiger partial charge in [0.25, 0.3) is 0 Å². The van der Waals surface area contributed by atoms with Crippen molar-refractivity contribution >= 4 is 0 Å². The number of rotatable bonds is 6. The predicted octanol–water partition coefficient (Wildman–Crippen LogP) is 5.83. The van der Waals surface area contributed by atoms with E-state index in [1.54, 1.807) is 0 Å². The third kappa shape index (κ3) is 4.85. The first-order valence-corrected chi connectivity index (χ1v) is 7.70. The highest BCUT2D eigenvalue weighted by Crippen LogP contribution is 2.38. The summed E-state index contributed by atoms with van der Waals surface area (Å²) in [6, 6.07) is 0. The maximum absolute atomic E-state index is 4.13. The summed E-state index contributed by atoms with van der Waals surface area (Å²) in [6.45, 7) is 13.4. The van der Waals surface area contributed by atoms with Crippen molar-refractivity contribution in [2.45, 2.75) is 72.6 Å². The molecule has 0 radical (unpaired) electrons. The smallest absolute Gasteiger partial charge is 0.0234 e. The minimum absolute atomic E-state index is 0.714. The predicted molar refractivity (Wildman–Crippen MR) is 78.1 cm³/mol. The zero-order valence-corrected chi connectivity index (χ0v) is 12.5. The Morgan fingerprint density at radius 3 is 2.29 bits per heavy atom. The van der Waals surface area contributed by atoms with Crippen molar-refractivity contribution in [1.29, 1.82) is 0 Å². The van der Waals surface area contributed by atoms with Crippen molar-refractivity contribution < 1.29 is 0 Å². The quantitative estimate of drug-likeness (QED) is 0.509. The van der Waals surface area contributed by atoms with Crippen molar-refractivity contribution in [1.82, 2.24) is 0 Å². The SMILES string of the molecule is C=C(C)C(C)CC(CCC)C1CCC(C)CC1. The first kappa shape index (κ1) is 14.8. The van der Waals surface area contributed by atoms with Gasteiger partial charge in [-0.25, -0.2) is 0 Å². The molecule has 0 aromatic carbocycles. The molecule has 0 amide bonds. The lowest BCUT2D eigenvalue weighted by Gasteiger charge is -2.34. The summed E-state index contributed by atoms with van der Waals surface area (Å²) in [5, 5.41) is 0. The van der Waals surface area contributed by atoms with E-state index in [1.807, 2.05) is 0 Å². The third-order valence-corrected chi connectivity index (χ3v) is 4.88. The molecule has 0 heteroatoms. The van der Waals surface area contributed by atoms with Crippen LogP contribution in [-0.2, 0) is 0 Å². The molecule has 0 bridgehead atoms. The molecule has 1 saturated carbocycles. The van der Waals surface area contributed by atoms with E-state index in [1.165, 1.54) is 50.5 Å². The van der Waals surface area contributed by atoms with Crippen LogP contribution in [0, 0.1) is 23.7 Å². The van der Waals surface area contributed by atoms with Crippen molar-refractivity contribution in [3.8, 4) is 0 Å². The van der Waals surface area contributed by atoms with Crippen LogP contribution in [0.2, 0.25) is 0 Å². The summed E-state index contributed by atoms with van der Waals surface area (Å²) in [4.78, 5) is 0. The lowest BCUT2D eigenvalue weighted by molar-refractivity contribution is 0.182. The molecule has 1 fully saturated rings. The second-order valence-corrected chi connectivity index (χ2v) is 6.55. The first-order chi connectivity index (χ1) is 8.04. The van der Waals surface area contributed by atoms with E-state index in [2.05, 4.69) is 34.3 Å². The third-order valence-electron chi connectivity index (χ3n) is 4.88. The standard InChI is InChI=1S/C17H32/c1-6-7-17(12-15(5)13(2)3)16-10-8-14(4)9-11-16/h14-17H,2,6-12H2,1,3-5H3. The van der Waals surface area contributed by atoms with Gasteiger partial charge in [-0.3, -0.25) is 0 Å². The zero-order chi connectivity index (χ0) is 12.8. The molecular weight excluding hydrogens is 204 g/mol. The molecular formula is C17H32. The normalized spacial score (nSPS) is 28.7. The molecule has 0 spiro atoms. The first-order valence-electron chi connectivity index (χ1n) is 7.70. The van der Waals surface area contributed by atoms with Gasteiger partial charge in [-0.15, -0.1) is 0 Å².